The maximum absolute atomic E-state index is 12.2. The molecule has 21 heavy (non-hydrogen) atoms. The van der Waals surface area contributed by atoms with Gasteiger partial charge in [-0.25, -0.2) is 8.42 Å². The van der Waals surface area contributed by atoms with Crippen LogP contribution in [0.25, 0.3) is 5.57 Å². The molecule has 1 aliphatic rings. The molecule has 0 N–H and O–H groups in total. The van der Waals surface area contributed by atoms with E-state index in [2.05, 4.69) is 0 Å². The third-order valence-electron chi connectivity index (χ3n) is 3.76. The number of unbranched alkanes of at least 4 members (excludes halogenated alkanes) is 1. The quantitative estimate of drug-likeness (QED) is 0.811. The zero-order valence-corrected chi connectivity index (χ0v) is 13.5. The Labute approximate surface area is 127 Å². The molecular weight excluding hydrogens is 286 g/mol. The lowest BCUT2D eigenvalue weighted by Gasteiger charge is -2.26. The number of ether oxygens (including phenoxy) is 1. The number of methoxy groups -OCH3 is 1. The summed E-state index contributed by atoms with van der Waals surface area (Å²) in [5, 5.41) is 0. The van der Waals surface area contributed by atoms with Crippen molar-refractivity contribution < 1.29 is 13.2 Å². The summed E-state index contributed by atoms with van der Waals surface area (Å²) in [4.78, 5) is 0. The zero-order chi connectivity index (χ0) is 15.3. The molecule has 0 aromatic heterocycles. The minimum absolute atomic E-state index is 0.256. The summed E-state index contributed by atoms with van der Waals surface area (Å²) >= 11 is 0. The largest absolute Gasteiger partial charge is 0.497 e. The van der Waals surface area contributed by atoms with Gasteiger partial charge in [-0.2, -0.15) is 4.31 Å². The summed E-state index contributed by atoms with van der Waals surface area (Å²) in [5.74, 6) is 1.08. The number of nitrogens with zero attached hydrogens (tertiary/aromatic N) is 1. The smallest absolute Gasteiger partial charge is 0.214 e. The van der Waals surface area contributed by atoms with Crippen LogP contribution in [0.15, 0.2) is 30.3 Å². The Balaban J connectivity index is 2.08. The van der Waals surface area contributed by atoms with Crippen molar-refractivity contribution in [3.05, 3.63) is 35.9 Å². The summed E-state index contributed by atoms with van der Waals surface area (Å²) in [7, 11) is -1.45. The lowest BCUT2D eigenvalue weighted by atomic mass is 10.0. The molecule has 0 atom stereocenters. The third-order valence-corrected chi connectivity index (χ3v) is 5.68. The molecule has 0 aliphatic carbocycles. The Morgan fingerprint density at radius 3 is 2.76 bits per heavy atom. The molecule has 0 saturated heterocycles. The van der Waals surface area contributed by atoms with Crippen LogP contribution in [0.2, 0.25) is 0 Å². The predicted octanol–water partition coefficient (Wildman–Crippen LogP) is 2.91. The topological polar surface area (TPSA) is 46.6 Å². The molecule has 0 unspecified atom stereocenters. The molecule has 0 saturated carbocycles. The molecule has 0 radical (unpaired) electrons. The van der Waals surface area contributed by atoms with Crippen molar-refractivity contribution in [3.8, 4) is 5.75 Å². The SMILES string of the molecule is CCCCS(=O)(=O)N1CC=C(c2cccc(OC)c2)CC1. The average Bonchev–Trinajstić information content (AvgIpc) is 2.53. The van der Waals surface area contributed by atoms with Gasteiger partial charge < -0.3 is 4.74 Å². The van der Waals surface area contributed by atoms with E-state index in [1.54, 1.807) is 11.4 Å². The second kappa shape index (κ2) is 7.09. The van der Waals surface area contributed by atoms with Crippen LogP contribution in [-0.2, 0) is 10.0 Å². The van der Waals surface area contributed by atoms with Crippen LogP contribution < -0.4 is 4.74 Å². The first-order valence-corrected chi connectivity index (χ1v) is 8.99. The Morgan fingerprint density at radius 1 is 1.33 bits per heavy atom. The van der Waals surface area contributed by atoms with Crippen molar-refractivity contribution in [2.75, 3.05) is 26.0 Å². The summed E-state index contributed by atoms with van der Waals surface area (Å²) < 4.78 is 31.2. The molecule has 1 aromatic carbocycles. The number of rotatable bonds is 6. The molecule has 1 aromatic rings. The predicted molar refractivity (Wildman–Crippen MR) is 85.9 cm³/mol. The fraction of sp³-hybridized carbons (Fsp3) is 0.500. The van der Waals surface area contributed by atoms with Crippen LogP contribution >= 0.6 is 0 Å². The van der Waals surface area contributed by atoms with Crippen LogP contribution in [0.5, 0.6) is 5.75 Å². The minimum atomic E-state index is -3.10. The summed E-state index contributed by atoms with van der Waals surface area (Å²) in [6, 6.07) is 7.90. The van der Waals surface area contributed by atoms with Crippen LogP contribution in [-0.4, -0.2) is 38.7 Å². The maximum atomic E-state index is 12.2. The van der Waals surface area contributed by atoms with Gasteiger partial charge in [0, 0.05) is 13.1 Å². The van der Waals surface area contributed by atoms with Crippen molar-refractivity contribution in [1.29, 1.82) is 0 Å². The van der Waals surface area contributed by atoms with E-state index in [4.69, 9.17) is 4.74 Å². The molecule has 1 aliphatic heterocycles. The molecule has 116 valence electrons. The molecule has 0 fully saturated rings. The Hall–Kier alpha value is -1.33. The van der Waals surface area contributed by atoms with Crippen molar-refractivity contribution in [3.63, 3.8) is 0 Å². The molecule has 0 bridgehead atoms. The van der Waals surface area contributed by atoms with Crippen molar-refractivity contribution in [2.45, 2.75) is 26.2 Å². The van der Waals surface area contributed by atoms with Gasteiger partial charge >= 0.3 is 0 Å². The molecule has 1 heterocycles. The van der Waals surface area contributed by atoms with Crippen LogP contribution in [0.3, 0.4) is 0 Å². The highest BCUT2D eigenvalue weighted by atomic mass is 32.2. The first kappa shape index (κ1) is 16.0. The molecule has 0 amide bonds. The van der Waals surface area contributed by atoms with Gasteiger partial charge in [0.25, 0.3) is 0 Å². The zero-order valence-electron chi connectivity index (χ0n) is 12.7. The van der Waals surface area contributed by atoms with Gasteiger partial charge in [-0.3, -0.25) is 0 Å². The van der Waals surface area contributed by atoms with Crippen molar-refractivity contribution in [1.82, 2.24) is 4.31 Å². The summed E-state index contributed by atoms with van der Waals surface area (Å²) in [6.07, 6.45) is 4.39. The van der Waals surface area contributed by atoms with Gasteiger partial charge in [0.15, 0.2) is 0 Å². The second-order valence-electron chi connectivity index (χ2n) is 5.24. The lowest BCUT2D eigenvalue weighted by Crippen LogP contribution is -2.36. The van der Waals surface area contributed by atoms with Crippen LogP contribution in [0, 0.1) is 0 Å². The standard InChI is InChI=1S/C16H23NO3S/c1-3-4-12-21(18,19)17-10-8-14(9-11-17)15-6-5-7-16(13-15)20-2/h5-8,13H,3-4,9-12H2,1-2H3. The molecular formula is C16H23NO3S. The molecule has 2 rings (SSSR count). The van der Waals surface area contributed by atoms with E-state index in [0.717, 1.165) is 30.6 Å². The van der Waals surface area contributed by atoms with E-state index in [0.29, 0.717) is 13.1 Å². The van der Waals surface area contributed by atoms with Gasteiger partial charge in [0.2, 0.25) is 10.0 Å². The second-order valence-corrected chi connectivity index (χ2v) is 7.33. The Kier molecular flexibility index (Phi) is 5.42. The van der Waals surface area contributed by atoms with Gasteiger partial charge in [-0.15, -0.1) is 0 Å². The van der Waals surface area contributed by atoms with Crippen molar-refractivity contribution in [2.24, 2.45) is 0 Å². The van der Waals surface area contributed by atoms with Gasteiger partial charge in [0.1, 0.15) is 5.75 Å². The van der Waals surface area contributed by atoms with Crippen LogP contribution in [0.1, 0.15) is 31.7 Å². The maximum Gasteiger partial charge on any atom is 0.214 e. The highest BCUT2D eigenvalue weighted by molar-refractivity contribution is 7.89. The van der Waals surface area contributed by atoms with E-state index < -0.39 is 10.0 Å². The monoisotopic (exact) mass is 309 g/mol. The first-order valence-electron chi connectivity index (χ1n) is 7.38. The van der Waals surface area contributed by atoms with Gasteiger partial charge in [-0.1, -0.05) is 31.6 Å². The average molecular weight is 309 g/mol. The summed E-state index contributed by atoms with van der Waals surface area (Å²) in [6.45, 7) is 3.04. The van der Waals surface area contributed by atoms with E-state index in [9.17, 15) is 8.42 Å². The van der Waals surface area contributed by atoms with E-state index in [1.807, 2.05) is 37.3 Å². The number of benzene rings is 1. The fourth-order valence-electron chi connectivity index (χ4n) is 2.44. The molecule has 5 heteroatoms. The highest BCUT2D eigenvalue weighted by Gasteiger charge is 2.23. The van der Waals surface area contributed by atoms with Crippen molar-refractivity contribution >= 4 is 15.6 Å². The van der Waals surface area contributed by atoms with Gasteiger partial charge in [0.05, 0.1) is 12.9 Å². The highest BCUT2D eigenvalue weighted by Crippen LogP contribution is 2.26. The van der Waals surface area contributed by atoms with Crippen LogP contribution in [0.4, 0.5) is 0 Å². The fourth-order valence-corrected chi connectivity index (χ4v) is 4.03. The number of sulfonamides is 1. The Morgan fingerprint density at radius 2 is 2.14 bits per heavy atom. The number of hydrogen-bond acceptors (Lipinski definition) is 3. The van der Waals surface area contributed by atoms with Gasteiger partial charge in [-0.05, 0) is 36.1 Å². The molecule has 0 spiro atoms. The minimum Gasteiger partial charge on any atom is -0.497 e. The number of hydrogen-bond donors (Lipinski definition) is 0. The third kappa shape index (κ3) is 4.08. The van der Waals surface area contributed by atoms with E-state index in [1.165, 1.54) is 5.57 Å². The summed E-state index contributed by atoms with van der Waals surface area (Å²) in [5.41, 5.74) is 2.30. The Bertz CT molecular complexity index is 608. The van der Waals surface area contributed by atoms with E-state index >= 15 is 0 Å². The van der Waals surface area contributed by atoms with E-state index in [-0.39, 0.29) is 5.75 Å². The molecule has 4 nitrogen and oxygen atoms in total. The normalized spacial score (nSPS) is 16.6. The lowest BCUT2D eigenvalue weighted by molar-refractivity contribution is 0.414. The first-order chi connectivity index (χ1) is 10.1.